The Morgan fingerprint density at radius 3 is 2.75 bits per heavy atom. The molecule has 16 heavy (non-hydrogen) atoms. The molecule has 0 saturated carbocycles. The van der Waals surface area contributed by atoms with E-state index in [4.69, 9.17) is 21.8 Å². The molecule has 2 rings (SSSR count). The molecular formula is C11H11Cl2NO2. The monoisotopic (exact) mass is 259 g/mol. The van der Waals surface area contributed by atoms with Gasteiger partial charge in [0.15, 0.2) is 5.43 Å². The second kappa shape index (κ2) is 5.34. The molecule has 0 spiro atoms. The van der Waals surface area contributed by atoms with Crippen LogP contribution in [-0.2, 0) is 6.42 Å². The van der Waals surface area contributed by atoms with Gasteiger partial charge in [0, 0.05) is 17.5 Å². The average molecular weight is 260 g/mol. The molecule has 0 unspecified atom stereocenters. The van der Waals surface area contributed by atoms with Gasteiger partial charge < -0.3 is 10.2 Å². The molecule has 2 aromatic rings. The lowest BCUT2D eigenvalue weighted by Crippen LogP contribution is -2.07. The van der Waals surface area contributed by atoms with E-state index in [1.165, 1.54) is 6.07 Å². The highest BCUT2D eigenvalue weighted by molar-refractivity contribution is 6.31. The number of nitrogens with two attached hydrogens (primary N) is 1. The standard InChI is InChI=1S/C11H10ClNO2.ClH/c12-7-1-2-11-9(5-7)10(14)6-8(15-11)3-4-13;/h1-2,5-6H,3-4,13H2;1H. The molecule has 0 aliphatic heterocycles. The lowest BCUT2D eigenvalue weighted by molar-refractivity contribution is 0.537. The highest BCUT2D eigenvalue weighted by Gasteiger charge is 2.04. The van der Waals surface area contributed by atoms with Crippen molar-refractivity contribution in [1.82, 2.24) is 0 Å². The highest BCUT2D eigenvalue weighted by atomic mass is 35.5. The predicted octanol–water partition coefficient (Wildman–Crippen LogP) is 2.37. The lowest BCUT2D eigenvalue weighted by Gasteiger charge is -2.01. The maximum Gasteiger partial charge on any atom is 0.192 e. The first-order chi connectivity index (χ1) is 7.20. The van der Waals surface area contributed by atoms with E-state index in [2.05, 4.69) is 0 Å². The fourth-order valence-corrected chi connectivity index (χ4v) is 1.62. The van der Waals surface area contributed by atoms with E-state index < -0.39 is 0 Å². The van der Waals surface area contributed by atoms with Crippen LogP contribution in [0.15, 0.2) is 33.5 Å². The van der Waals surface area contributed by atoms with Crippen molar-refractivity contribution in [2.45, 2.75) is 6.42 Å². The minimum Gasteiger partial charge on any atom is -0.461 e. The molecule has 0 aliphatic carbocycles. The Labute approximate surface area is 104 Å². The first-order valence-electron chi connectivity index (χ1n) is 4.63. The van der Waals surface area contributed by atoms with E-state index in [-0.39, 0.29) is 17.8 Å². The Balaban J connectivity index is 0.00000128. The van der Waals surface area contributed by atoms with E-state index in [1.54, 1.807) is 18.2 Å². The Hall–Kier alpha value is -1.03. The molecule has 2 N–H and O–H groups in total. The van der Waals surface area contributed by atoms with Gasteiger partial charge in [0.05, 0.1) is 5.39 Å². The van der Waals surface area contributed by atoms with Crippen LogP contribution in [0.1, 0.15) is 5.76 Å². The van der Waals surface area contributed by atoms with E-state index in [1.807, 2.05) is 0 Å². The summed E-state index contributed by atoms with van der Waals surface area (Å²) in [5.41, 5.74) is 5.87. The Morgan fingerprint density at radius 1 is 1.31 bits per heavy atom. The summed E-state index contributed by atoms with van der Waals surface area (Å²) in [7, 11) is 0. The van der Waals surface area contributed by atoms with Gasteiger partial charge in [0.25, 0.3) is 0 Å². The minimum absolute atomic E-state index is 0. The van der Waals surface area contributed by atoms with Crippen LogP contribution in [0.4, 0.5) is 0 Å². The molecule has 86 valence electrons. The molecule has 1 aromatic carbocycles. The number of hydrogen-bond acceptors (Lipinski definition) is 3. The fraction of sp³-hybridized carbons (Fsp3) is 0.182. The first kappa shape index (κ1) is 13.0. The van der Waals surface area contributed by atoms with Gasteiger partial charge >= 0.3 is 0 Å². The van der Waals surface area contributed by atoms with E-state index >= 15 is 0 Å². The lowest BCUT2D eigenvalue weighted by atomic mass is 10.2. The van der Waals surface area contributed by atoms with Crippen LogP contribution in [0.25, 0.3) is 11.0 Å². The van der Waals surface area contributed by atoms with Crippen molar-refractivity contribution in [2.24, 2.45) is 5.73 Å². The van der Waals surface area contributed by atoms with Crippen molar-refractivity contribution in [3.8, 4) is 0 Å². The molecule has 0 saturated heterocycles. The molecule has 0 fully saturated rings. The number of hydrogen-bond donors (Lipinski definition) is 1. The summed E-state index contributed by atoms with van der Waals surface area (Å²) in [6.07, 6.45) is 0.563. The van der Waals surface area contributed by atoms with Crippen molar-refractivity contribution in [3.63, 3.8) is 0 Å². The molecule has 5 heteroatoms. The third kappa shape index (κ3) is 2.55. The summed E-state index contributed by atoms with van der Waals surface area (Å²) in [5.74, 6) is 0.609. The van der Waals surface area contributed by atoms with Gasteiger partial charge in [-0.15, -0.1) is 12.4 Å². The van der Waals surface area contributed by atoms with Crippen molar-refractivity contribution in [2.75, 3.05) is 6.54 Å². The molecule has 0 radical (unpaired) electrons. The van der Waals surface area contributed by atoms with Crippen LogP contribution in [0.5, 0.6) is 0 Å². The molecule has 1 aromatic heterocycles. The van der Waals surface area contributed by atoms with Crippen LogP contribution >= 0.6 is 24.0 Å². The predicted molar refractivity (Wildman–Crippen MR) is 67.5 cm³/mol. The summed E-state index contributed by atoms with van der Waals surface area (Å²) < 4.78 is 5.50. The number of rotatable bonds is 2. The van der Waals surface area contributed by atoms with Gasteiger partial charge in [-0.2, -0.15) is 0 Å². The third-order valence-electron chi connectivity index (χ3n) is 2.13. The molecule has 1 heterocycles. The van der Waals surface area contributed by atoms with E-state index in [9.17, 15) is 4.79 Å². The third-order valence-corrected chi connectivity index (χ3v) is 2.37. The topological polar surface area (TPSA) is 56.2 Å². The maximum atomic E-state index is 11.7. The molecule has 0 aliphatic rings. The summed E-state index contributed by atoms with van der Waals surface area (Å²) in [5, 5.41) is 1.03. The second-order valence-electron chi connectivity index (χ2n) is 3.26. The van der Waals surface area contributed by atoms with Crippen molar-refractivity contribution >= 4 is 35.0 Å². The molecule has 0 bridgehead atoms. The first-order valence-corrected chi connectivity index (χ1v) is 5.01. The quantitative estimate of drug-likeness (QED) is 0.901. The molecule has 3 nitrogen and oxygen atoms in total. The van der Waals surface area contributed by atoms with Gasteiger partial charge in [0.2, 0.25) is 0 Å². The number of halogens is 2. The zero-order valence-corrected chi connectivity index (χ0v) is 9.98. The largest absolute Gasteiger partial charge is 0.461 e. The summed E-state index contributed by atoms with van der Waals surface area (Å²) in [4.78, 5) is 11.7. The SMILES string of the molecule is Cl.NCCc1cc(=O)c2cc(Cl)ccc2o1. The normalized spacial score (nSPS) is 10.1. The van der Waals surface area contributed by atoms with Gasteiger partial charge in [-0.3, -0.25) is 4.79 Å². The Morgan fingerprint density at radius 2 is 2.06 bits per heavy atom. The zero-order chi connectivity index (χ0) is 10.8. The van der Waals surface area contributed by atoms with Crippen LogP contribution in [0.3, 0.4) is 0 Å². The Bertz CT molecular complexity index is 551. The van der Waals surface area contributed by atoms with E-state index in [0.717, 1.165) is 0 Å². The van der Waals surface area contributed by atoms with Gasteiger partial charge in [-0.1, -0.05) is 11.6 Å². The van der Waals surface area contributed by atoms with Crippen LogP contribution < -0.4 is 11.2 Å². The second-order valence-corrected chi connectivity index (χ2v) is 3.69. The minimum atomic E-state index is -0.0813. The fourth-order valence-electron chi connectivity index (χ4n) is 1.44. The van der Waals surface area contributed by atoms with Gasteiger partial charge in [-0.25, -0.2) is 0 Å². The number of fused-ring (bicyclic) bond motifs is 1. The molecular weight excluding hydrogens is 249 g/mol. The van der Waals surface area contributed by atoms with Gasteiger partial charge in [0.1, 0.15) is 11.3 Å². The maximum absolute atomic E-state index is 11.7. The van der Waals surface area contributed by atoms with Crippen molar-refractivity contribution in [3.05, 3.63) is 45.3 Å². The van der Waals surface area contributed by atoms with Crippen LogP contribution in [0, 0.1) is 0 Å². The van der Waals surface area contributed by atoms with Crippen LogP contribution in [-0.4, -0.2) is 6.54 Å². The highest BCUT2D eigenvalue weighted by Crippen LogP contribution is 2.17. The average Bonchev–Trinajstić information content (AvgIpc) is 2.20. The summed E-state index contributed by atoms with van der Waals surface area (Å²) in [6.45, 7) is 0.460. The number of benzene rings is 1. The zero-order valence-electron chi connectivity index (χ0n) is 8.40. The molecule has 0 atom stereocenters. The van der Waals surface area contributed by atoms with E-state index in [0.29, 0.717) is 34.7 Å². The molecule has 0 amide bonds. The van der Waals surface area contributed by atoms with Crippen molar-refractivity contribution in [1.29, 1.82) is 0 Å². The van der Waals surface area contributed by atoms with Gasteiger partial charge in [-0.05, 0) is 24.7 Å². The summed E-state index contributed by atoms with van der Waals surface area (Å²) >= 11 is 5.79. The smallest absolute Gasteiger partial charge is 0.192 e. The Kier molecular flexibility index (Phi) is 4.35. The summed E-state index contributed by atoms with van der Waals surface area (Å²) in [6, 6.07) is 6.46. The van der Waals surface area contributed by atoms with Crippen LogP contribution in [0.2, 0.25) is 5.02 Å². The van der Waals surface area contributed by atoms with Crippen molar-refractivity contribution < 1.29 is 4.42 Å².